The Labute approximate surface area is 274 Å². The number of hydrogen-bond acceptors (Lipinski definition) is 10. The number of nitrogens with one attached hydrogen (secondary N) is 1. The number of aromatic nitrogens is 2. The molecule has 1 aromatic rings. The Morgan fingerprint density at radius 2 is 1.87 bits per heavy atom. The molecule has 0 saturated heterocycles. The number of hydrogen-bond donors (Lipinski definition) is 3. The molecule has 16 heteroatoms. The summed E-state index contributed by atoms with van der Waals surface area (Å²) in [5.41, 5.74) is 0.102. The molecule has 1 amide bonds. The van der Waals surface area contributed by atoms with Gasteiger partial charge in [-0.25, -0.2) is 9.48 Å². The monoisotopic (exact) mass is 690 g/mol. The maximum Gasteiger partial charge on any atom is 0.342 e. The maximum atomic E-state index is 12.2. The van der Waals surface area contributed by atoms with Crippen LogP contribution >= 0.6 is 23.2 Å². The van der Waals surface area contributed by atoms with Crippen molar-refractivity contribution in [2.75, 3.05) is 0 Å². The molecule has 45 heavy (non-hydrogen) atoms. The van der Waals surface area contributed by atoms with Gasteiger partial charge in [-0.05, 0) is 56.8 Å². The van der Waals surface area contributed by atoms with E-state index in [0.29, 0.717) is 30.9 Å². The second-order valence-electron chi connectivity index (χ2n) is 13.2. The van der Waals surface area contributed by atoms with Crippen LogP contribution in [0.25, 0.3) is 0 Å². The quantitative estimate of drug-likeness (QED) is 0.0841. The highest BCUT2D eigenvalue weighted by Gasteiger charge is 2.44. The molecule has 2 fully saturated rings. The third-order valence-corrected chi connectivity index (χ3v) is 11.0. The molecule has 2 aliphatic carbocycles. The highest BCUT2D eigenvalue weighted by Crippen LogP contribution is 2.43. The molecule has 0 aliphatic heterocycles. The Morgan fingerprint density at radius 3 is 2.38 bits per heavy atom. The molecular weight excluding hydrogens is 647 g/mol. The molecule has 6 atom stereocenters. The Balaban J connectivity index is 1.94. The molecular formula is C29H44Cl2N6O7S. The number of rotatable bonds is 11. The highest BCUT2D eigenvalue weighted by molar-refractivity contribution is 7.86. The van der Waals surface area contributed by atoms with E-state index in [9.17, 15) is 27.8 Å². The first kappa shape index (κ1) is 37.2. The number of azo groups is 1. The molecule has 0 radical (unpaired) electrons. The Hall–Kier alpha value is -2.31. The second kappa shape index (κ2) is 15.5. The number of carbonyl (C=O) groups excluding carboxylic acids is 2. The van der Waals surface area contributed by atoms with Gasteiger partial charge in [-0.1, -0.05) is 34.1 Å². The minimum atomic E-state index is -4.36. The summed E-state index contributed by atoms with van der Waals surface area (Å²) in [5, 5.41) is 32.9. The number of nitrogens with zero attached hydrogens (tertiary/aromatic N) is 5. The number of halogens is 2. The van der Waals surface area contributed by atoms with Crippen LogP contribution in [0.3, 0.4) is 0 Å². The van der Waals surface area contributed by atoms with Gasteiger partial charge in [0.15, 0.2) is 5.82 Å². The average Bonchev–Trinajstić information content (AvgIpc) is 3.32. The lowest BCUT2D eigenvalue weighted by atomic mass is 9.73. The van der Waals surface area contributed by atoms with Crippen molar-refractivity contribution in [1.82, 2.24) is 15.1 Å². The van der Waals surface area contributed by atoms with Crippen LogP contribution in [-0.2, 0) is 30.0 Å². The van der Waals surface area contributed by atoms with Crippen LogP contribution in [0.4, 0.5) is 5.82 Å². The third kappa shape index (κ3) is 9.38. The van der Waals surface area contributed by atoms with Gasteiger partial charge in [0, 0.05) is 18.8 Å². The molecule has 0 aromatic carbocycles. The van der Waals surface area contributed by atoms with Crippen molar-refractivity contribution >= 4 is 51.0 Å². The summed E-state index contributed by atoms with van der Waals surface area (Å²) < 4.78 is 34.8. The van der Waals surface area contributed by atoms with Crippen LogP contribution < -0.4 is 5.32 Å². The van der Waals surface area contributed by atoms with E-state index in [1.54, 1.807) is 0 Å². The molecule has 3 rings (SSSR count). The van der Waals surface area contributed by atoms with E-state index >= 15 is 0 Å². The number of carbonyl (C=O) groups is 2. The largest absolute Gasteiger partial charge is 0.351 e. The highest BCUT2D eigenvalue weighted by atomic mass is 35.5. The topological polar surface area (TPSA) is 196 Å². The smallest absolute Gasteiger partial charge is 0.342 e. The Morgan fingerprint density at radius 1 is 1.22 bits per heavy atom. The fourth-order valence-corrected chi connectivity index (χ4v) is 8.82. The zero-order valence-corrected chi connectivity index (χ0v) is 28.6. The summed E-state index contributed by atoms with van der Waals surface area (Å²) in [4.78, 5) is 27.3. The summed E-state index contributed by atoms with van der Waals surface area (Å²) in [6.45, 7) is 9.23. The fourth-order valence-electron chi connectivity index (χ4n) is 6.64. The minimum absolute atomic E-state index is 0.0636. The molecule has 0 bridgehead atoms. The van der Waals surface area contributed by atoms with Crippen molar-refractivity contribution in [1.29, 1.82) is 5.26 Å². The van der Waals surface area contributed by atoms with Crippen molar-refractivity contribution < 1.29 is 32.7 Å². The van der Waals surface area contributed by atoms with Gasteiger partial charge in [-0.2, -0.15) is 29.1 Å². The minimum Gasteiger partial charge on any atom is -0.351 e. The van der Waals surface area contributed by atoms with Gasteiger partial charge >= 0.3 is 5.97 Å². The van der Waals surface area contributed by atoms with Crippen LogP contribution in [-0.4, -0.2) is 68.0 Å². The molecule has 252 valence electrons. The van der Waals surface area contributed by atoms with Gasteiger partial charge in [0.05, 0.1) is 39.8 Å². The average molecular weight is 692 g/mol. The summed E-state index contributed by atoms with van der Waals surface area (Å²) in [7, 11) is -4.36. The van der Waals surface area contributed by atoms with Crippen LogP contribution in [0.1, 0.15) is 110 Å². The van der Waals surface area contributed by atoms with E-state index in [0.717, 1.165) is 19.3 Å². The van der Waals surface area contributed by atoms with Crippen LogP contribution in [0.5, 0.6) is 0 Å². The molecule has 1 heterocycles. The molecule has 13 nitrogen and oxygen atoms in total. The van der Waals surface area contributed by atoms with Crippen molar-refractivity contribution in [3.8, 4) is 6.07 Å². The summed E-state index contributed by atoms with van der Waals surface area (Å²) >= 11 is 13.4. The molecule has 3 N–H and O–H groups in total. The van der Waals surface area contributed by atoms with Gasteiger partial charge < -0.3 is 10.2 Å². The third-order valence-electron chi connectivity index (χ3n) is 8.92. The molecule has 2 saturated carbocycles. The van der Waals surface area contributed by atoms with Crippen molar-refractivity contribution in [3.05, 3.63) is 11.3 Å². The van der Waals surface area contributed by atoms with Crippen molar-refractivity contribution in [2.45, 2.75) is 132 Å². The second-order valence-corrected chi connectivity index (χ2v) is 16.0. The number of amides is 1. The van der Waals surface area contributed by atoms with Gasteiger partial charge in [0.2, 0.25) is 5.91 Å². The summed E-state index contributed by atoms with van der Waals surface area (Å²) in [6.07, 6.45) is 4.32. The fraction of sp³-hybridized carbons (Fsp3) is 0.793. The lowest BCUT2D eigenvalue weighted by Crippen LogP contribution is -2.46. The molecule has 6 unspecified atom stereocenters. The van der Waals surface area contributed by atoms with E-state index in [2.05, 4.69) is 33.4 Å². The van der Waals surface area contributed by atoms with Crippen LogP contribution in [0.15, 0.2) is 10.2 Å². The summed E-state index contributed by atoms with van der Waals surface area (Å²) in [6, 6.07) is 0.754. The molecule has 2 aliphatic rings. The number of alkyl halides is 2. The predicted octanol–water partition coefficient (Wildman–Crippen LogP) is 5.83. The molecule has 1 aromatic heterocycles. The summed E-state index contributed by atoms with van der Waals surface area (Å²) in [5.74, 6) is -0.153. The lowest BCUT2D eigenvalue weighted by molar-refractivity contribution is -0.234. The lowest BCUT2D eigenvalue weighted by Gasteiger charge is -2.37. The van der Waals surface area contributed by atoms with Gasteiger partial charge in [-0.15, -0.1) is 28.3 Å². The van der Waals surface area contributed by atoms with E-state index in [4.69, 9.17) is 33.6 Å². The number of nitriles is 1. The maximum absolute atomic E-state index is 12.2. The van der Waals surface area contributed by atoms with Gasteiger partial charge in [-0.3, -0.25) is 9.35 Å². The standard InChI is InChI=1S/C29H44Cl2N6O7S/c1-6-17(8-7-9-25(39)44-40)18-10-11-23(24(12-18)33-16(2)38)34-35-28-20(15-32)27(29(3,4)5)36-37(28)26-21(30)13-19(14-22(26)31)45(41,42)43/h17-19,21-24,26,40H,6-14H2,1-5H3,(H,33,38)(H,41,42,43). The van der Waals surface area contributed by atoms with E-state index < -0.39 is 49.6 Å². The first-order chi connectivity index (χ1) is 21.0. The zero-order chi connectivity index (χ0) is 33.7. The SMILES string of the molecule is CCC(CCCC(=O)OO)C1CCC(N=Nc2c(C#N)c(C(C)(C)C)nn2C2C(Cl)CC(S(=O)(=O)O)CC2Cl)C(NC(C)=O)C1. The Kier molecular flexibility index (Phi) is 12.8. The van der Waals surface area contributed by atoms with Crippen LogP contribution in [0, 0.1) is 23.2 Å². The zero-order valence-electron chi connectivity index (χ0n) is 26.3. The predicted molar refractivity (Wildman–Crippen MR) is 168 cm³/mol. The van der Waals surface area contributed by atoms with Crippen molar-refractivity contribution in [3.63, 3.8) is 0 Å². The van der Waals surface area contributed by atoms with Crippen molar-refractivity contribution in [2.24, 2.45) is 22.1 Å². The van der Waals surface area contributed by atoms with E-state index in [-0.39, 0.29) is 48.5 Å². The normalized spacial score (nSPS) is 28.4. The van der Waals surface area contributed by atoms with E-state index in [1.807, 2.05) is 20.8 Å². The van der Waals surface area contributed by atoms with Gasteiger partial charge in [0.25, 0.3) is 10.1 Å². The first-order valence-corrected chi connectivity index (χ1v) is 17.7. The van der Waals surface area contributed by atoms with E-state index in [1.165, 1.54) is 11.6 Å². The van der Waals surface area contributed by atoms with Crippen LogP contribution in [0.2, 0.25) is 0 Å². The van der Waals surface area contributed by atoms with Gasteiger partial charge in [0.1, 0.15) is 11.6 Å². The Bertz CT molecular complexity index is 1380. The first-order valence-electron chi connectivity index (χ1n) is 15.3. The molecule has 0 spiro atoms.